The maximum atomic E-state index is 6.28. The lowest BCUT2D eigenvalue weighted by Gasteiger charge is -2.32. The summed E-state index contributed by atoms with van der Waals surface area (Å²) in [5.74, 6) is 0. The Balaban J connectivity index is 1.85. The quantitative estimate of drug-likeness (QED) is 0.782. The summed E-state index contributed by atoms with van der Waals surface area (Å²) in [5, 5.41) is 4.03. The van der Waals surface area contributed by atoms with Crippen molar-refractivity contribution in [3.05, 3.63) is 41.7 Å². The van der Waals surface area contributed by atoms with Gasteiger partial charge < -0.3 is 14.6 Å². The van der Waals surface area contributed by atoms with Gasteiger partial charge in [-0.15, -0.1) is 0 Å². The molecule has 1 fully saturated rings. The van der Waals surface area contributed by atoms with Gasteiger partial charge in [0.25, 0.3) is 6.01 Å². The molecule has 1 atom stereocenters. The number of nitrogens with one attached hydrogen (secondary N) is 1. The van der Waals surface area contributed by atoms with Crippen LogP contribution in [0.15, 0.2) is 41.1 Å². The summed E-state index contributed by atoms with van der Waals surface area (Å²) in [6.45, 7) is 4.90. The first kappa shape index (κ1) is 14.5. The lowest BCUT2D eigenvalue weighted by Crippen LogP contribution is -2.50. The molecule has 1 saturated heterocycles. The number of halogens is 1. The highest BCUT2D eigenvalue weighted by molar-refractivity contribution is 6.31. The Morgan fingerprint density at radius 3 is 2.91 bits per heavy atom. The summed E-state index contributed by atoms with van der Waals surface area (Å²) < 4.78 is 6.13. The minimum absolute atomic E-state index is 0.344. The van der Waals surface area contributed by atoms with Crippen LogP contribution in [-0.4, -0.2) is 35.6 Å². The second-order valence-corrected chi connectivity index (χ2v) is 6.22. The summed E-state index contributed by atoms with van der Waals surface area (Å²) in [5.41, 5.74) is 3.51. The third-order valence-corrected chi connectivity index (χ3v) is 4.40. The molecule has 4 rings (SSSR count). The van der Waals surface area contributed by atoms with Gasteiger partial charge >= 0.3 is 0 Å². The fraction of sp³-hybridized carbons (Fsp3) is 0.294. The zero-order chi connectivity index (χ0) is 15.8. The fourth-order valence-electron chi connectivity index (χ4n) is 2.98. The van der Waals surface area contributed by atoms with E-state index in [1.807, 2.05) is 24.3 Å². The van der Waals surface area contributed by atoms with Gasteiger partial charge in [-0.25, -0.2) is 0 Å². The van der Waals surface area contributed by atoms with E-state index in [4.69, 9.17) is 16.0 Å². The van der Waals surface area contributed by atoms with Gasteiger partial charge in [-0.05, 0) is 36.8 Å². The molecule has 5 nitrogen and oxygen atoms in total. The van der Waals surface area contributed by atoms with Gasteiger partial charge in [-0.2, -0.15) is 4.98 Å². The molecule has 1 N–H and O–H groups in total. The average Bonchev–Trinajstić information content (AvgIpc) is 2.99. The van der Waals surface area contributed by atoms with Crippen molar-refractivity contribution < 1.29 is 4.42 Å². The van der Waals surface area contributed by atoms with Gasteiger partial charge in [0, 0.05) is 48.7 Å². The molecule has 0 aliphatic carbocycles. The molecule has 23 heavy (non-hydrogen) atoms. The van der Waals surface area contributed by atoms with Gasteiger partial charge in [0.1, 0.15) is 5.52 Å². The number of hydrogen-bond donors (Lipinski definition) is 1. The lowest BCUT2D eigenvalue weighted by atomic mass is 10.1. The van der Waals surface area contributed by atoms with E-state index in [-0.39, 0.29) is 0 Å². The predicted octanol–water partition coefficient (Wildman–Crippen LogP) is 3.34. The molecule has 118 valence electrons. The molecular weight excluding hydrogens is 312 g/mol. The van der Waals surface area contributed by atoms with Crippen LogP contribution in [0, 0.1) is 0 Å². The van der Waals surface area contributed by atoms with Crippen LogP contribution in [0.3, 0.4) is 0 Å². The van der Waals surface area contributed by atoms with Crippen molar-refractivity contribution >= 4 is 28.7 Å². The molecule has 3 heterocycles. The third-order valence-electron chi connectivity index (χ3n) is 4.18. The van der Waals surface area contributed by atoms with Crippen LogP contribution in [0.25, 0.3) is 22.2 Å². The molecule has 1 aromatic carbocycles. The number of pyridine rings is 1. The number of aromatic nitrogens is 2. The van der Waals surface area contributed by atoms with Gasteiger partial charge in [0.15, 0.2) is 5.58 Å². The topological polar surface area (TPSA) is 54.2 Å². The highest BCUT2D eigenvalue weighted by Crippen LogP contribution is 2.34. The van der Waals surface area contributed by atoms with E-state index in [1.165, 1.54) is 0 Å². The Kier molecular flexibility index (Phi) is 3.67. The van der Waals surface area contributed by atoms with Crippen molar-refractivity contribution in [2.24, 2.45) is 0 Å². The van der Waals surface area contributed by atoms with Crippen LogP contribution in [-0.2, 0) is 0 Å². The normalized spacial score (nSPS) is 18.5. The summed E-state index contributed by atoms with van der Waals surface area (Å²) >= 11 is 6.28. The molecule has 0 spiro atoms. The van der Waals surface area contributed by atoms with Crippen LogP contribution < -0.4 is 10.2 Å². The predicted molar refractivity (Wildman–Crippen MR) is 91.9 cm³/mol. The van der Waals surface area contributed by atoms with Gasteiger partial charge in [0.05, 0.1) is 0 Å². The Hall–Kier alpha value is -2.11. The molecule has 0 radical (unpaired) electrons. The van der Waals surface area contributed by atoms with E-state index >= 15 is 0 Å². The Morgan fingerprint density at radius 1 is 1.30 bits per heavy atom. The first-order valence-corrected chi connectivity index (χ1v) is 8.08. The molecule has 1 aliphatic rings. The molecule has 6 heteroatoms. The largest absolute Gasteiger partial charge is 0.423 e. The lowest BCUT2D eigenvalue weighted by molar-refractivity contribution is 0.456. The molecule has 1 aliphatic heterocycles. The number of fused-ring (bicyclic) bond motifs is 1. The van der Waals surface area contributed by atoms with Crippen LogP contribution in [0.5, 0.6) is 0 Å². The van der Waals surface area contributed by atoms with Crippen LogP contribution in [0.1, 0.15) is 6.92 Å². The number of anilines is 1. The Bertz CT molecular complexity index is 833. The van der Waals surface area contributed by atoms with Crippen LogP contribution in [0.2, 0.25) is 5.02 Å². The molecule has 2 aromatic heterocycles. The molecule has 0 bridgehead atoms. The minimum atomic E-state index is 0.344. The van der Waals surface area contributed by atoms with Crippen molar-refractivity contribution in [3.8, 4) is 11.1 Å². The molecular formula is C17H17ClN4O. The van der Waals surface area contributed by atoms with E-state index in [2.05, 4.69) is 27.1 Å². The van der Waals surface area contributed by atoms with E-state index in [0.29, 0.717) is 17.1 Å². The van der Waals surface area contributed by atoms with E-state index in [9.17, 15) is 0 Å². The summed E-state index contributed by atoms with van der Waals surface area (Å²) in [6.07, 6.45) is 3.52. The van der Waals surface area contributed by atoms with Crippen LogP contribution in [0.4, 0.5) is 6.01 Å². The molecule has 0 amide bonds. The average molecular weight is 329 g/mol. The summed E-state index contributed by atoms with van der Waals surface area (Å²) in [4.78, 5) is 10.9. The third kappa shape index (κ3) is 2.66. The van der Waals surface area contributed by atoms with Crippen molar-refractivity contribution in [1.82, 2.24) is 15.3 Å². The molecule has 3 aromatic rings. The number of hydrogen-bond acceptors (Lipinski definition) is 5. The molecule has 0 unspecified atom stereocenters. The first-order chi connectivity index (χ1) is 11.2. The smallest absolute Gasteiger partial charge is 0.298 e. The number of oxazole rings is 1. The zero-order valence-electron chi connectivity index (χ0n) is 12.8. The minimum Gasteiger partial charge on any atom is -0.423 e. The molecule has 0 saturated carbocycles. The SMILES string of the molecule is C[C@H]1CNCCN1c1nc2cc(Cl)cc(-c3ccncc3)c2o1. The fourth-order valence-corrected chi connectivity index (χ4v) is 3.19. The standard InChI is InChI=1S/C17H17ClN4O/c1-11-10-20-6-7-22(11)17-21-15-9-13(18)8-14(16(15)23-17)12-2-4-19-5-3-12/h2-5,8-9,11,20H,6-7,10H2,1H3/t11-/m0/s1. The highest BCUT2D eigenvalue weighted by Gasteiger charge is 2.24. The summed E-state index contributed by atoms with van der Waals surface area (Å²) in [7, 11) is 0. The van der Waals surface area contributed by atoms with Crippen molar-refractivity contribution in [2.45, 2.75) is 13.0 Å². The maximum Gasteiger partial charge on any atom is 0.298 e. The second-order valence-electron chi connectivity index (χ2n) is 5.78. The number of nitrogens with zero attached hydrogens (tertiary/aromatic N) is 3. The Labute approximate surface area is 139 Å². The van der Waals surface area contributed by atoms with E-state index in [1.54, 1.807) is 12.4 Å². The number of piperazine rings is 1. The maximum absolute atomic E-state index is 6.28. The first-order valence-electron chi connectivity index (χ1n) is 7.70. The number of benzene rings is 1. The summed E-state index contributed by atoms with van der Waals surface area (Å²) in [6, 6.07) is 8.65. The van der Waals surface area contributed by atoms with Gasteiger partial charge in [-0.3, -0.25) is 4.98 Å². The number of rotatable bonds is 2. The highest BCUT2D eigenvalue weighted by atomic mass is 35.5. The van der Waals surface area contributed by atoms with Crippen LogP contribution >= 0.6 is 11.6 Å². The van der Waals surface area contributed by atoms with Crippen molar-refractivity contribution in [3.63, 3.8) is 0 Å². The van der Waals surface area contributed by atoms with Gasteiger partial charge in [0.2, 0.25) is 0 Å². The van der Waals surface area contributed by atoms with Crippen molar-refractivity contribution in [1.29, 1.82) is 0 Å². The van der Waals surface area contributed by atoms with E-state index < -0.39 is 0 Å². The monoisotopic (exact) mass is 328 g/mol. The van der Waals surface area contributed by atoms with Gasteiger partial charge in [-0.1, -0.05) is 11.6 Å². The second kappa shape index (κ2) is 5.83. The Morgan fingerprint density at radius 2 is 2.13 bits per heavy atom. The zero-order valence-corrected chi connectivity index (χ0v) is 13.5. The van der Waals surface area contributed by atoms with E-state index in [0.717, 1.165) is 41.9 Å². The van der Waals surface area contributed by atoms with Crippen molar-refractivity contribution in [2.75, 3.05) is 24.5 Å².